The maximum Gasteiger partial charge on any atom is 0.354 e. The number of ether oxygens (including phenoxy) is 1. The molecule has 0 aliphatic carbocycles. The van der Waals surface area contributed by atoms with Crippen molar-refractivity contribution in [3.8, 4) is 5.75 Å². The van der Waals surface area contributed by atoms with Crippen LogP contribution in [0.3, 0.4) is 0 Å². The highest BCUT2D eigenvalue weighted by Gasteiger charge is 2.05. The van der Waals surface area contributed by atoms with E-state index >= 15 is 0 Å². The molecule has 0 amide bonds. The molecule has 0 saturated heterocycles. The van der Waals surface area contributed by atoms with E-state index in [0.717, 1.165) is 11.1 Å². The number of aromatic nitrogens is 1. The monoisotopic (exact) mass is 259 g/mol. The molecule has 5 heteroatoms. The van der Waals surface area contributed by atoms with Crippen LogP contribution in [0.15, 0.2) is 42.6 Å². The van der Waals surface area contributed by atoms with E-state index in [2.05, 4.69) is 4.98 Å². The van der Waals surface area contributed by atoms with Crippen molar-refractivity contribution in [3.63, 3.8) is 0 Å². The molecule has 0 radical (unpaired) electrons. The van der Waals surface area contributed by atoms with Crippen molar-refractivity contribution in [2.75, 3.05) is 0 Å². The Balaban J connectivity index is 2.01. The second-order valence-corrected chi connectivity index (χ2v) is 3.95. The van der Waals surface area contributed by atoms with Gasteiger partial charge in [0.1, 0.15) is 18.1 Å². The standard InChI is InChI=1S/C14H13NO4/c16-8-10-1-3-12(4-2-10)19-9-11-5-6-15-13(7-11)14(17)18/h1-7,16H,8-9H2,(H,17,18). The first-order valence-electron chi connectivity index (χ1n) is 5.70. The predicted octanol–water partition coefficient (Wildman–Crippen LogP) is 1.85. The minimum Gasteiger partial charge on any atom is -0.489 e. The molecule has 0 saturated carbocycles. The molecule has 0 aliphatic heterocycles. The van der Waals surface area contributed by atoms with Gasteiger partial charge in [-0.3, -0.25) is 0 Å². The number of aliphatic hydroxyl groups excluding tert-OH is 1. The number of aromatic carboxylic acids is 1. The van der Waals surface area contributed by atoms with Gasteiger partial charge in [-0.25, -0.2) is 9.78 Å². The molecule has 2 rings (SSSR count). The average Bonchev–Trinajstić information content (AvgIpc) is 2.46. The Morgan fingerprint density at radius 3 is 2.53 bits per heavy atom. The molecule has 0 aliphatic rings. The SMILES string of the molecule is O=C(O)c1cc(COc2ccc(CO)cc2)ccn1. The molecule has 1 aromatic heterocycles. The maximum atomic E-state index is 10.8. The van der Waals surface area contributed by atoms with Gasteiger partial charge >= 0.3 is 5.97 Å². The Bertz CT molecular complexity index is 566. The Morgan fingerprint density at radius 2 is 1.89 bits per heavy atom. The highest BCUT2D eigenvalue weighted by molar-refractivity contribution is 5.85. The van der Waals surface area contributed by atoms with E-state index in [1.807, 2.05) is 0 Å². The Hall–Kier alpha value is -2.40. The van der Waals surface area contributed by atoms with Crippen LogP contribution < -0.4 is 4.74 Å². The number of pyridine rings is 1. The molecule has 0 unspecified atom stereocenters. The Kier molecular flexibility index (Phi) is 4.10. The summed E-state index contributed by atoms with van der Waals surface area (Å²) in [6.45, 7) is 0.258. The lowest BCUT2D eigenvalue weighted by atomic mass is 10.2. The fourth-order valence-corrected chi connectivity index (χ4v) is 1.54. The molecule has 1 heterocycles. The number of rotatable bonds is 5. The van der Waals surface area contributed by atoms with Crippen LogP contribution in [0.25, 0.3) is 0 Å². The number of nitrogens with zero attached hydrogens (tertiary/aromatic N) is 1. The zero-order valence-corrected chi connectivity index (χ0v) is 10.1. The van der Waals surface area contributed by atoms with Crippen molar-refractivity contribution in [1.29, 1.82) is 0 Å². The number of carbonyl (C=O) groups is 1. The summed E-state index contributed by atoms with van der Waals surface area (Å²) in [5.74, 6) is -0.403. The fourth-order valence-electron chi connectivity index (χ4n) is 1.54. The van der Waals surface area contributed by atoms with Crippen LogP contribution in [0.2, 0.25) is 0 Å². The van der Waals surface area contributed by atoms with Crippen molar-refractivity contribution in [2.45, 2.75) is 13.2 Å². The van der Waals surface area contributed by atoms with Gasteiger partial charge in [0.05, 0.1) is 6.61 Å². The van der Waals surface area contributed by atoms with Crippen LogP contribution in [0.4, 0.5) is 0 Å². The van der Waals surface area contributed by atoms with Gasteiger partial charge in [-0.15, -0.1) is 0 Å². The molecular formula is C14H13NO4. The van der Waals surface area contributed by atoms with Crippen molar-refractivity contribution in [1.82, 2.24) is 4.98 Å². The zero-order chi connectivity index (χ0) is 13.7. The van der Waals surface area contributed by atoms with E-state index in [1.165, 1.54) is 12.3 Å². The fraction of sp³-hybridized carbons (Fsp3) is 0.143. The zero-order valence-electron chi connectivity index (χ0n) is 10.1. The van der Waals surface area contributed by atoms with E-state index in [4.69, 9.17) is 14.9 Å². The lowest BCUT2D eigenvalue weighted by Crippen LogP contribution is -2.02. The van der Waals surface area contributed by atoms with Crippen molar-refractivity contribution < 1.29 is 19.7 Å². The Labute approximate surface area is 110 Å². The predicted molar refractivity (Wildman–Crippen MR) is 67.9 cm³/mol. The quantitative estimate of drug-likeness (QED) is 0.856. The van der Waals surface area contributed by atoms with E-state index in [9.17, 15) is 4.79 Å². The van der Waals surface area contributed by atoms with Gasteiger partial charge in [-0.2, -0.15) is 0 Å². The molecule has 2 N–H and O–H groups in total. The molecule has 0 bridgehead atoms. The van der Waals surface area contributed by atoms with E-state index in [-0.39, 0.29) is 18.9 Å². The van der Waals surface area contributed by atoms with Crippen LogP contribution in [-0.2, 0) is 13.2 Å². The lowest BCUT2D eigenvalue weighted by molar-refractivity contribution is 0.0690. The topological polar surface area (TPSA) is 79.7 Å². The smallest absolute Gasteiger partial charge is 0.354 e. The molecule has 1 aromatic carbocycles. The molecule has 0 spiro atoms. The molecule has 0 fully saturated rings. The van der Waals surface area contributed by atoms with Gasteiger partial charge in [0.15, 0.2) is 0 Å². The first kappa shape index (κ1) is 13.0. The van der Waals surface area contributed by atoms with Gasteiger partial charge in [0, 0.05) is 6.20 Å². The highest BCUT2D eigenvalue weighted by Crippen LogP contribution is 2.14. The number of carboxylic acid groups (broad SMARTS) is 1. The number of carboxylic acids is 1. The van der Waals surface area contributed by atoms with Gasteiger partial charge in [0.2, 0.25) is 0 Å². The largest absolute Gasteiger partial charge is 0.489 e. The second kappa shape index (κ2) is 5.97. The first-order chi connectivity index (χ1) is 9.19. The van der Waals surface area contributed by atoms with E-state index in [1.54, 1.807) is 30.3 Å². The van der Waals surface area contributed by atoms with E-state index < -0.39 is 5.97 Å². The molecule has 5 nitrogen and oxygen atoms in total. The number of hydrogen-bond acceptors (Lipinski definition) is 4. The van der Waals surface area contributed by atoms with Gasteiger partial charge in [-0.1, -0.05) is 12.1 Å². The summed E-state index contributed by atoms with van der Waals surface area (Å²) in [5, 5.41) is 17.7. The lowest BCUT2D eigenvalue weighted by Gasteiger charge is -2.07. The van der Waals surface area contributed by atoms with Crippen molar-refractivity contribution >= 4 is 5.97 Å². The summed E-state index contributed by atoms with van der Waals surface area (Å²) >= 11 is 0. The molecule has 98 valence electrons. The van der Waals surface area contributed by atoms with Crippen LogP contribution in [0, 0.1) is 0 Å². The summed E-state index contributed by atoms with van der Waals surface area (Å²) in [6, 6.07) is 10.2. The third-order valence-corrected chi connectivity index (χ3v) is 2.55. The van der Waals surface area contributed by atoms with Crippen LogP contribution >= 0.6 is 0 Å². The summed E-state index contributed by atoms with van der Waals surface area (Å²) < 4.78 is 5.52. The van der Waals surface area contributed by atoms with Crippen molar-refractivity contribution in [3.05, 3.63) is 59.4 Å². The highest BCUT2D eigenvalue weighted by atomic mass is 16.5. The average molecular weight is 259 g/mol. The third kappa shape index (κ3) is 3.53. The molecular weight excluding hydrogens is 246 g/mol. The van der Waals surface area contributed by atoms with E-state index in [0.29, 0.717) is 5.75 Å². The summed E-state index contributed by atoms with van der Waals surface area (Å²) in [4.78, 5) is 14.5. The van der Waals surface area contributed by atoms with Crippen LogP contribution in [-0.4, -0.2) is 21.2 Å². The third-order valence-electron chi connectivity index (χ3n) is 2.55. The number of benzene rings is 1. The van der Waals surface area contributed by atoms with Crippen LogP contribution in [0.5, 0.6) is 5.75 Å². The second-order valence-electron chi connectivity index (χ2n) is 3.95. The number of hydrogen-bond donors (Lipinski definition) is 2. The molecule has 0 atom stereocenters. The van der Waals surface area contributed by atoms with Gasteiger partial charge in [0.25, 0.3) is 0 Å². The van der Waals surface area contributed by atoms with Gasteiger partial charge < -0.3 is 14.9 Å². The molecule has 19 heavy (non-hydrogen) atoms. The normalized spacial score (nSPS) is 10.2. The molecule has 2 aromatic rings. The minimum absolute atomic E-state index is 0.00303. The summed E-state index contributed by atoms with van der Waals surface area (Å²) in [7, 11) is 0. The summed E-state index contributed by atoms with van der Waals surface area (Å²) in [6.07, 6.45) is 1.44. The first-order valence-corrected chi connectivity index (χ1v) is 5.70. The summed E-state index contributed by atoms with van der Waals surface area (Å²) in [5.41, 5.74) is 1.54. The van der Waals surface area contributed by atoms with Crippen LogP contribution in [0.1, 0.15) is 21.6 Å². The minimum atomic E-state index is -1.06. The number of aliphatic hydroxyl groups is 1. The van der Waals surface area contributed by atoms with Crippen molar-refractivity contribution in [2.24, 2.45) is 0 Å². The Morgan fingerprint density at radius 1 is 1.16 bits per heavy atom. The van der Waals surface area contributed by atoms with Gasteiger partial charge in [-0.05, 0) is 35.4 Å². The maximum absolute atomic E-state index is 10.8.